The van der Waals surface area contributed by atoms with E-state index >= 15 is 0 Å². The molecule has 0 saturated carbocycles. The highest BCUT2D eigenvalue weighted by atomic mass is 32.2. The fourth-order valence-corrected chi connectivity index (χ4v) is 2.63. The van der Waals surface area contributed by atoms with Gasteiger partial charge in [-0.1, -0.05) is 12.1 Å². The second-order valence-corrected chi connectivity index (χ2v) is 7.21. The van der Waals surface area contributed by atoms with E-state index < -0.39 is 28.2 Å². The predicted octanol–water partition coefficient (Wildman–Crippen LogP) is 2.40. The number of amides is 2. The van der Waals surface area contributed by atoms with Crippen LogP contribution in [0.15, 0.2) is 30.5 Å². The summed E-state index contributed by atoms with van der Waals surface area (Å²) in [6, 6.07) is 5.41. The normalized spacial score (nSPS) is 11.4. The van der Waals surface area contributed by atoms with Crippen LogP contribution in [0.4, 0.5) is 30.6 Å². The Hall–Kier alpha value is -2.69. The van der Waals surface area contributed by atoms with Crippen LogP contribution < -0.4 is 14.9 Å². The van der Waals surface area contributed by atoms with Crippen LogP contribution in [0.3, 0.4) is 0 Å². The number of sulfonamides is 1. The summed E-state index contributed by atoms with van der Waals surface area (Å²) in [6.45, 7) is 0. The SMILES string of the molecule is CN(c1ccccc1NC(=O)Nc1cnn(C)c1C(F)F)S(C)(=O)=O. The van der Waals surface area contributed by atoms with Gasteiger partial charge in [-0.05, 0) is 12.1 Å². The topological polar surface area (TPSA) is 96.3 Å². The number of benzene rings is 1. The molecule has 0 radical (unpaired) electrons. The quantitative estimate of drug-likeness (QED) is 0.841. The molecule has 0 aliphatic carbocycles. The number of hydrogen-bond donors (Lipinski definition) is 2. The number of anilines is 3. The maximum atomic E-state index is 13.0. The summed E-state index contributed by atoms with van der Waals surface area (Å²) in [5, 5.41) is 8.42. The molecule has 0 aliphatic rings. The van der Waals surface area contributed by atoms with E-state index in [0.717, 1.165) is 21.4 Å². The third kappa shape index (κ3) is 4.24. The van der Waals surface area contributed by atoms with Crippen molar-refractivity contribution in [1.29, 1.82) is 0 Å². The van der Waals surface area contributed by atoms with Crippen LogP contribution in [0.2, 0.25) is 0 Å². The third-order valence-electron chi connectivity index (χ3n) is 3.43. The zero-order chi connectivity index (χ0) is 18.8. The van der Waals surface area contributed by atoms with Crippen molar-refractivity contribution in [1.82, 2.24) is 9.78 Å². The van der Waals surface area contributed by atoms with Gasteiger partial charge in [-0.3, -0.25) is 8.99 Å². The van der Waals surface area contributed by atoms with Crippen LogP contribution in [0, 0.1) is 0 Å². The Morgan fingerprint density at radius 1 is 1.24 bits per heavy atom. The van der Waals surface area contributed by atoms with Gasteiger partial charge in [-0.2, -0.15) is 5.10 Å². The Morgan fingerprint density at radius 3 is 2.44 bits per heavy atom. The Bertz CT molecular complexity index is 882. The van der Waals surface area contributed by atoms with E-state index in [1.54, 1.807) is 12.1 Å². The van der Waals surface area contributed by atoms with Crippen molar-refractivity contribution < 1.29 is 22.0 Å². The summed E-state index contributed by atoms with van der Waals surface area (Å²) in [5.41, 5.74) is -0.128. The monoisotopic (exact) mass is 373 g/mol. The summed E-state index contributed by atoms with van der Waals surface area (Å²) < 4.78 is 51.3. The molecule has 2 aromatic rings. The van der Waals surface area contributed by atoms with Crippen LogP contribution in [-0.2, 0) is 17.1 Å². The first-order valence-electron chi connectivity index (χ1n) is 7.02. The van der Waals surface area contributed by atoms with Crippen LogP contribution >= 0.6 is 0 Å². The molecule has 1 heterocycles. The molecule has 0 fully saturated rings. The highest BCUT2D eigenvalue weighted by Crippen LogP contribution is 2.28. The average molecular weight is 373 g/mol. The number of nitrogens with zero attached hydrogens (tertiary/aromatic N) is 3. The van der Waals surface area contributed by atoms with Gasteiger partial charge >= 0.3 is 6.03 Å². The molecule has 11 heteroatoms. The lowest BCUT2D eigenvalue weighted by Crippen LogP contribution is -2.27. The fraction of sp³-hybridized carbons (Fsp3) is 0.286. The lowest BCUT2D eigenvalue weighted by molar-refractivity contribution is 0.141. The van der Waals surface area contributed by atoms with Gasteiger partial charge in [0.05, 0.1) is 29.5 Å². The summed E-state index contributed by atoms with van der Waals surface area (Å²) in [6.07, 6.45) is -0.684. The molecule has 2 rings (SSSR count). The highest BCUT2D eigenvalue weighted by Gasteiger charge is 2.21. The Labute approximate surface area is 143 Å². The second-order valence-electron chi connectivity index (χ2n) is 5.19. The number of urea groups is 1. The first kappa shape index (κ1) is 18.6. The third-order valence-corrected chi connectivity index (χ3v) is 4.62. The molecule has 0 spiro atoms. The van der Waals surface area contributed by atoms with E-state index in [2.05, 4.69) is 15.7 Å². The molecule has 0 aliphatic heterocycles. The number of aromatic nitrogens is 2. The van der Waals surface area contributed by atoms with Crippen molar-refractivity contribution in [3.63, 3.8) is 0 Å². The Kier molecular flexibility index (Phi) is 5.26. The van der Waals surface area contributed by atoms with E-state index in [4.69, 9.17) is 0 Å². The van der Waals surface area contributed by atoms with Gasteiger partial charge in [0.1, 0.15) is 5.69 Å². The van der Waals surface area contributed by atoms with Gasteiger partial charge in [0.15, 0.2) is 0 Å². The first-order chi connectivity index (χ1) is 11.6. The average Bonchev–Trinajstić information content (AvgIpc) is 2.86. The first-order valence-corrected chi connectivity index (χ1v) is 8.87. The second kappa shape index (κ2) is 7.05. The van der Waals surface area contributed by atoms with Crippen molar-refractivity contribution in [2.45, 2.75) is 6.43 Å². The number of hydrogen-bond acceptors (Lipinski definition) is 4. The van der Waals surface area contributed by atoms with Crippen LogP contribution in [0.1, 0.15) is 12.1 Å². The van der Waals surface area contributed by atoms with Gasteiger partial charge in [-0.15, -0.1) is 0 Å². The molecule has 2 amide bonds. The molecule has 136 valence electrons. The van der Waals surface area contributed by atoms with Crippen LogP contribution in [0.25, 0.3) is 0 Å². The van der Waals surface area contributed by atoms with E-state index in [1.807, 2.05) is 0 Å². The van der Waals surface area contributed by atoms with Crippen molar-refractivity contribution in [2.75, 3.05) is 28.2 Å². The van der Waals surface area contributed by atoms with Crippen LogP contribution in [-0.4, -0.2) is 37.5 Å². The maximum Gasteiger partial charge on any atom is 0.323 e. The number of halogens is 2. The molecule has 0 saturated heterocycles. The number of nitrogens with one attached hydrogen (secondary N) is 2. The predicted molar refractivity (Wildman–Crippen MR) is 90.5 cm³/mol. The summed E-state index contributed by atoms with van der Waals surface area (Å²) in [4.78, 5) is 12.1. The highest BCUT2D eigenvalue weighted by molar-refractivity contribution is 7.92. The van der Waals surface area contributed by atoms with Crippen molar-refractivity contribution in [3.8, 4) is 0 Å². The summed E-state index contributed by atoms with van der Waals surface area (Å²) >= 11 is 0. The standard InChI is InChI=1S/C14H17F2N5O3S/c1-20-12(13(15)16)10(8-17-20)19-14(22)18-9-6-4-5-7-11(9)21(2)25(3,23)24/h4-8,13H,1-3H3,(H2,18,19,22). The molecular weight excluding hydrogens is 356 g/mol. The Morgan fingerprint density at radius 2 is 1.84 bits per heavy atom. The minimum Gasteiger partial charge on any atom is -0.306 e. The molecule has 8 nitrogen and oxygen atoms in total. The number of alkyl halides is 2. The zero-order valence-electron chi connectivity index (χ0n) is 13.7. The molecule has 1 aromatic carbocycles. The Balaban J connectivity index is 2.23. The fourth-order valence-electron chi connectivity index (χ4n) is 2.11. The van der Waals surface area contributed by atoms with Gasteiger partial charge in [0.25, 0.3) is 6.43 Å². The number of aryl methyl sites for hydroxylation is 1. The van der Waals surface area contributed by atoms with Gasteiger partial charge in [0.2, 0.25) is 10.0 Å². The molecule has 0 unspecified atom stereocenters. The van der Waals surface area contributed by atoms with Crippen LogP contribution in [0.5, 0.6) is 0 Å². The van der Waals surface area contributed by atoms with Gasteiger partial charge in [-0.25, -0.2) is 22.0 Å². The maximum absolute atomic E-state index is 13.0. The van der Waals surface area contributed by atoms with E-state index in [-0.39, 0.29) is 17.1 Å². The van der Waals surface area contributed by atoms with E-state index in [9.17, 15) is 22.0 Å². The molecular formula is C14H17F2N5O3S. The lowest BCUT2D eigenvalue weighted by Gasteiger charge is -2.20. The molecule has 2 N–H and O–H groups in total. The van der Waals surface area contributed by atoms with Crippen molar-refractivity contribution >= 4 is 33.1 Å². The smallest absolute Gasteiger partial charge is 0.306 e. The number of para-hydroxylation sites is 2. The van der Waals surface area contributed by atoms with E-state index in [1.165, 1.54) is 26.2 Å². The lowest BCUT2D eigenvalue weighted by atomic mass is 10.2. The summed E-state index contributed by atoms with van der Waals surface area (Å²) in [7, 11) is -0.867. The zero-order valence-corrected chi connectivity index (χ0v) is 14.5. The number of carbonyl (C=O) groups excluding carboxylic acids is 1. The minimum atomic E-state index is -3.54. The minimum absolute atomic E-state index is 0.135. The molecule has 0 atom stereocenters. The summed E-state index contributed by atoms with van der Waals surface area (Å²) in [5.74, 6) is 0. The van der Waals surface area contributed by atoms with Crippen molar-refractivity contribution in [2.24, 2.45) is 7.05 Å². The number of carbonyl (C=O) groups is 1. The molecule has 25 heavy (non-hydrogen) atoms. The van der Waals surface area contributed by atoms with Crippen molar-refractivity contribution in [3.05, 3.63) is 36.2 Å². The van der Waals surface area contributed by atoms with Gasteiger partial charge in [0, 0.05) is 14.1 Å². The van der Waals surface area contributed by atoms with E-state index in [0.29, 0.717) is 0 Å². The molecule has 0 bridgehead atoms. The largest absolute Gasteiger partial charge is 0.323 e. The number of rotatable bonds is 5. The molecule has 1 aromatic heterocycles. The van der Waals surface area contributed by atoms with Gasteiger partial charge < -0.3 is 10.6 Å².